The number of hydrogen-bond donors (Lipinski definition) is 0. The first-order valence-electron chi connectivity index (χ1n) is 14.6. The molecule has 0 aliphatic rings. The summed E-state index contributed by atoms with van der Waals surface area (Å²) in [7, 11) is 0. The number of hydrogen-bond acceptors (Lipinski definition) is 3. The summed E-state index contributed by atoms with van der Waals surface area (Å²) < 4.78 is 5.35. The van der Waals surface area contributed by atoms with Crippen LogP contribution in [0.15, 0.2) is 0 Å². The summed E-state index contributed by atoms with van der Waals surface area (Å²) in [5.41, 5.74) is 0. The predicted molar refractivity (Wildman–Crippen MR) is 141 cm³/mol. The van der Waals surface area contributed by atoms with Crippen LogP contribution < -0.4 is 0 Å². The Balaban J connectivity index is 3.16. The summed E-state index contributed by atoms with van der Waals surface area (Å²) in [4.78, 5) is 14.1. The molecule has 0 aromatic rings. The van der Waals surface area contributed by atoms with Crippen molar-refractivity contribution in [2.45, 2.75) is 156 Å². The van der Waals surface area contributed by atoms with Gasteiger partial charge in [0, 0.05) is 13.0 Å². The Bertz CT molecular complexity index is 368. The van der Waals surface area contributed by atoms with Crippen LogP contribution in [-0.4, -0.2) is 37.1 Å². The van der Waals surface area contributed by atoms with Crippen molar-refractivity contribution in [3.05, 3.63) is 0 Å². The van der Waals surface area contributed by atoms with Gasteiger partial charge >= 0.3 is 5.97 Å². The van der Waals surface area contributed by atoms with E-state index >= 15 is 0 Å². The smallest absolute Gasteiger partial charge is 0.305 e. The molecule has 0 unspecified atom stereocenters. The standard InChI is InChI=1S/C29H59NO2/c1-4-7-8-9-10-11-12-13-14-15-16-17-18-19-20-21-22-23-24-26-29(31)32-28-25-27-30(5-2)6-3/h4-28H2,1-3H3. The molecule has 0 amide bonds. The van der Waals surface area contributed by atoms with Gasteiger partial charge in [0.05, 0.1) is 6.61 Å². The van der Waals surface area contributed by atoms with E-state index in [2.05, 4.69) is 25.7 Å². The first-order valence-corrected chi connectivity index (χ1v) is 14.6. The van der Waals surface area contributed by atoms with Gasteiger partial charge in [0.15, 0.2) is 0 Å². The number of esters is 1. The summed E-state index contributed by atoms with van der Waals surface area (Å²) in [6.07, 6.45) is 27.8. The molecule has 0 atom stereocenters. The van der Waals surface area contributed by atoms with E-state index in [1.54, 1.807) is 0 Å². The Morgan fingerprint density at radius 2 is 0.906 bits per heavy atom. The van der Waals surface area contributed by atoms with E-state index in [1.807, 2.05) is 0 Å². The normalized spacial score (nSPS) is 11.4. The van der Waals surface area contributed by atoms with E-state index in [1.165, 1.54) is 116 Å². The molecule has 0 rings (SSSR count). The summed E-state index contributed by atoms with van der Waals surface area (Å²) in [6, 6.07) is 0. The van der Waals surface area contributed by atoms with Crippen molar-refractivity contribution in [2.75, 3.05) is 26.2 Å². The van der Waals surface area contributed by atoms with Crippen molar-refractivity contribution < 1.29 is 9.53 Å². The second kappa shape index (κ2) is 26.7. The van der Waals surface area contributed by atoms with Crippen LogP contribution >= 0.6 is 0 Å². The molecule has 192 valence electrons. The van der Waals surface area contributed by atoms with Crippen LogP contribution in [-0.2, 0) is 9.53 Å². The van der Waals surface area contributed by atoms with E-state index in [4.69, 9.17) is 4.74 Å². The molecular formula is C29H59NO2. The van der Waals surface area contributed by atoms with Crippen LogP contribution in [0, 0.1) is 0 Å². The first kappa shape index (κ1) is 31.4. The molecule has 32 heavy (non-hydrogen) atoms. The van der Waals surface area contributed by atoms with E-state index in [0.717, 1.165) is 32.5 Å². The minimum absolute atomic E-state index is 0.00322. The van der Waals surface area contributed by atoms with Gasteiger partial charge < -0.3 is 9.64 Å². The average Bonchev–Trinajstić information content (AvgIpc) is 2.80. The molecule has 0 saturated carbocycles. The van der Waals surface area contributed by atoms with Gasteiger partial charge in [-0.3, -0.25) is 4.79 Å². The maximum absolute atomic E-state index is 11.8. The van der Waals surface area contributed by atoms with E-state index in [9.17, 15) is 4.79 Å². The quantitative estimate of drug-likeness (QED) is 0.0965. The number of carbonyl (C=O) groups excluding carboxylic acids is 1. The van der Waals surface area contributed by atoms with Gasteiger partial charge in [-0.15, -0.1) is 0 Å². The SMILES string of the molecule is CCCCCCCCCCCCCCCCCCCCCC(=O)OCCCN(CC)CC. The highest BCUT2D eigenvalue weighted by molar-refractivity contribution is 5.69. The Labute approximate surface area is 202 Å². The van der Waals surface area contributed by atoms with Gasteiger partial charge in [-0.1, -0.05) is 136 Å². The molecule has 3 heteroatoms. The molecule has 0 aromatic heterocycles. The van der Waals surface area contributed by atoms with Gasteiger partial charge in [0.2, 0.25) is 0 Å². The van der Waals surface area contributed by atoms with Crippen molar-refractivity contribution in [1.82, 2.24) is 4.90 Å². The molecular weight excluding hydrogens is 394 g/mol. The van der Waals surface area contributed by atoms with Gasteiger partial charge in [-0.2, -0.15) is 0 Å². The number of ether oxygens (including phenoxy) is 1. The summed E-state index contributed by atoms with van der Waals surface area (Å²) >= 11 is 0. The second-order valence-electron chi connectivity index (χ2n) is 9.71. The Kier molecular flexibility index (Phi) is 26.2. The molecule has 0 saturated heterocycles. The largest absolute Gasteiger partial charge is 0.466 e. The van der Waals surface area contributed by atoms with Crippen molar-refractivity contribution in [3.63, 3.8) is 0 Å². The number of nitrogens with zero attached hydrogens (tertiary/aromatic N) is 1. The zero-order valence-corrected chi connectivity index (χ0v) is 22.4. The van der Waals surface area contributed by atoms with Crippen LogP contribution in [0.1, 0.15) is 156 Å². The third-order valence-corrected chi connectivity index (χ3v) is 6.76. The highest BCUT2D eigenvalue weighted by Crippen LogP contribution is 2.14. The average molecular weight is 454 g/mol. The molecule has 0 heterocycles. The van der Waals surface area contributed by atoms with Crippen molar-refractivity contribution in [3.8, 4) is 0 Å². The van der Waals surface area contributed by atoms with E-state index < -0.39 is 0 Å². The van der Waals surface area contributed by atoms with Gasteiger partial charge in [0.1, 0.15) is 0 Å². The molecule has 0 fully saturated rings. The summed E-state index contributed by atoms with van der Waals surface area (Å²) in [5, 5.41) is 0. The maximum atomic E-state index is 11.8. The number of rotatable bonds is 26. The van der Waals surface area contributed by atoms with Crippen LogP contribution in [0.5, 0.6) is 0 Å². The summed E-state index contributed by atoms with van der Waals surface area (Å²) in [6.45, 7) is 10.4. The maximum Gasteiger partial charge on any atom is 0.305 e. The Morgan fingerprint density at radius 3 is 1.28 bits per heavy atom. The minimum Gasteiger partial charge on any atom is -0.466 e. The molecule has 0 aliphatic heterocycles. The van der Waals surface area contributed by atoms with Crippen molar-refractivity contribution in [2.24, 2.45) is 0 Å². The fourth-order valence-electron chi connectivity index (χ4n) is 4.43. The zero-order valence-electron chi connectivity index (χ0n) is 22.4. The van der Waals surface area contributed by atoms with Crippen LogP contribution in [0.4, 0.5) is 0 Å². The number of unbranched alkanes of at least 4 members (excludes halogenated alkanes) is 18. The lowest BCUT2D eigenvalue weighted by atomic mass is 10.0. The summed E-state index contributed by atoms with van der Waals surface area (Å²) in [5.74, 6) is -0.00322. The molecule has 0 aliphatic carbocycles. The lowest BCUT2D eigenvalue weighted by Crippen LogP contribution is -2.25. The first-order chi connectivity index (χ1) is 15.7. The molecule has 0 aromatic carbocycles. The topological polar surface area (TPSA) is 29.5 Å². The van der Waals surface area contributed by atoms with Gasteiger partial charge in [-0.25, -0.2) is 0 Å². The monoisotopic (exact) mass is 453 g/mol. The van der Waals surface area contributed by atoms with E-state index in [-0.39, 0.29) is 5.97 Å². The van der Waals surface area contributed by atoms with Gasteiger partial charge in [0.25, 0.3) is 0 Å². The molecule has 0 N–H and O–H groups in total. The minimum atomic E-state index is -0.00322. The highest BCUT2D eigenvalue weighted by Gasteiger charge is 2.04. The fourth-order valence-corrected chi connectivity index (χ4v) is 4.43. The fraction of sp³-hybridized carbons (Fsp3) is 0.966. The molecule has 0 spiro atoms. The van der Waals surface area contributed by atoms with Crippen molar-refractivity contribution in [1.29, 1.82) is 0 Å². The molecule has 0 bridgehead atoms. The lowest BCUT2D eigenvalue weighted by molar-refractivity contribution is -0.143. The molecule has 3 nitrogen and oxygen atoms in total. The molecule has 0 radical (unpaired) electrons. The Hall–Kier alpha value is -0.570. The van der Waals surface area contributed by atoms with Gasteiger partial charge in [-0.05, 0) is 25.9 Å². The van der Waals surface area contributed by atoms with Crippen molar-refractivity contribution >= 4 is 5.97 Å². The highest BCUT2D eigenvalue weighted by atomic mass is 16.5. The lowest BCUT2D eigenvalue weighted by Gasteiger charge is -2.17. The number of carbonyl (C=O) groups is 1. The predicted octanol–water partition coefficient (Wildman–Crippen LogP) is 9.08. The van der Waals surface area contributed by atoms with Crippen LogP contribution in [0.2, 0.25) is 0 Å². The van der Waals surface area contributed by atoms with Crippen LogP contribution in [0.25, 0.3) is 0 Å². The van der Waals surface area contributed by atoms with E-state index in [0.29, 0.717) is 13.0 Å². The third-order valence-electron chi connectivity index (χ3n) is 6.76. The zero-order chi connectivity index (χ0) is 23.5. The Morgan fingerprint density at radius 1 is 0.531 bits per heavy atom. The second-order valence-corrected chi connectivity index (χ2v) is 9.71. The third kappa shape index (κ3) is 24.1. The van der Waals surface area contributed by atoms with Crippen LogP contribution in [0.3, 0.4) is 0 Å².